The van der Waals surface area contributed by atoms with Crippen molar-refractivity contribution in [2.45, 2.75) is 38.8 Å². The molecule has 19 heavy (non-hydrogen) atoms. The van der Waals surface area contributed by atoms with Gasteiger partial charge < -0.3 is 19.9 Å². The van der Waals surface area contributed by atoms with Crippen molar-refractivity contribution >= 4 is 17.8 Å². The number of aliphatic hydroxyl groups is 1. The number of nitrogens with one attached hydrogen (secondary N) is 1. The molecule has 7 nitrogen and oxygen atoms in total. The first-order valence-electron chi connectivity index (χ1n) is 5.75. The zero-order valence-electron chi connectivity index (χ0n) is 12.1. The minimum Gasteiger partial charge on any atom is -0.467 e. The Kier molecular flexibility index (Phi) is 5.49. The standard InChI is InChI=1S/C12H21NO6/c1-7(2)12(10(16)19-6,13-8(3)14)11(4,17)9(15)18-5/h7,17H,1-6H3,(H,13,14)/t11-,12+/m1/s1. The van der Waals surface area contributed by atoms with E-state index >= 15 is 0 Å². The van der Waals surface area contributed by atoms with Crippen LogP contribution in [0.15, 0.2) is 0 Å². The average molecular weight is 275 g/mol. The average Bonchev–Trinajstić information content (AvgIpc) is 2.32. The summed E-state index contributed by atoms with van der Waals surface area (Å²) in [5.41, 5.74) is -4.20. The molecule has 2 atom stereocenters. The minimum absolute atomic E-state index is 0.580. The number of hydrogen-bond acceptors (Lipinski definition) is 6. The molecule has 7 heteroatoms. The van der Waals surface area contributed by atoms with Gasteiger partial charge in [-0.25, -0.2) is 9.59 Å². The third-order valence-electron chi connectivity index (χ3n) is 3.10. The van der Waals surface area contributed by atoms with Crippen LogP contribution in [0.25, 0.3) is 0 Å². The highest BCUT2D eigenvalue weighted by atomic mass is 16.5. The first kappa shape index (κ1) is 17.4. The van der Waals surface area contributed by atoms with Crippen molar-refractivity contribution < 1.29 is 29.0 Å². The highest BCUT2D eigenvalue weighted by molar-refractivity contribution is 5.96. The summed E-state index contributed by atoms with van der Waals surface area (Å²) in [6.07, 6.45) is 0. The number of esters is 2. The van der Waals surface area contributed by atoms with Crippen LogP contribution in [0.4, 0.5) is 0 Å². The van der Waals surface area contributed by atoms with Crippen molar-refractivity contribution in [2.24, 2.45) is 5.92 Å². The molecule has 0 aromatic carbocycles. The Balaban J connectivity index is 6.05. The topological polar surface area (TPSA) is 102 Å². The fourth-order valence-corrected chi connectivity index (χ4v) is 2.11. The smallest absolute Gasteiger partial charge is 0.340 e. The zero-order chi connectivity index (χ0) is 15.4. The van der Waals surface area contributed by atoms with Crippen molar-refractivity contribution in [1.29, 1.82) is 0 Å². The van der Waals surface area contributed by atoms with Gasteiger partial charge in [-0.2, -0.15) is 0 Å². The van der Waals surface area contributed by atoms with Crippen LogP contribution in [0.5, 0.6) is 0 Å². The first-order chi connectivity index (χ1) is 8.57. The molecule has 0 unspecified atom stereocenters. The summed E-state index contributed by atoms with van der Waals surface area (Å²) >= 11 is 0. The normalized spacial score (nSPS) is 17.1. The molecule has 0 saturated heterocycles. The van der Waals surface area contributed by atoms with Gasteiger partial charge in [0.25, 0.3) is 0 Å². The molecule has 0 aliphatic heterocycles. The lowest BCUT2D eigenvalue weighted by Gasteiger charge is -2.43. The summed E-state index contributed by atoms with van der Waals surface area (Å²) in [6.45, 7) is 5.42. The van der Waals surface area contributed by atoms with Gasteiger partial charge in [-0.05, 0) is 12.8 Å². The molecule has 0 saturated carbocycles. The van der Waals surface area contributed by atoms with Crippen LogP contribution in [0, 0.1) is 5.92 Å². The quantitative estimate of drug-likeness (QED) is 0.663. The van der Waals surface area contributed by atoms with E-state index in [4.69, 9.17) is 0 Å². The number of carbonyl (C=O) groups is 3. The fraction of sp³-hybridized carbons (Fsp3) is 0.750. The summed E-state index contributed by atoms with van der Waals surface area (Å²) in [6, 6.07) is 0. The zero-order valence-corrected chi connectivity index (χ0v) is 12.1. The van der Waals surface area contributed by atoms with Crippen molar-refractivity contribution in [2.75, 3.05) is 14.2 Å². The highest BCUT2D eigenvalue weighted by Crippen LogP contribution is 2.32. The fourth-order valence-electron chi connectivity index (χ4n) is 2.11. The Morgan fingerprint density at radius 3 is 1.79 bits per heavy atom. The number of rotatable bonds is 5. The third-order valence-corrected chi connectivity index (χ3v) is 3.10. The second-order valence-electron chi connectivity index (χ2n) is 4.70. The van der Waals surface area contributed by atoms with Crippen LogP contribution in [-0.4, -0.2) is 48.3 Å². The molecule has 0 fully saturated rings. The van der Waals surface area contributed by atoms with E-state index in [0.717, 1.165) is 21.1 Å². The van der Waals surface area contributed by atoms with Gasteiger partial charge in [-0.15, -0.1) is 0 Å². The van der Waals surface area contributed by atoms with E-state index in [0.29, 0.717) is 0 Å². The molecule has 0 aliphatic rings. The summed E-state index contributed by atoms with van der Waals surface area (Å²) in [5, 5.41) is 12.8. The summed E-state index contributed by atoms with van der Waals surface area (Å²) in [5.74, 6) is -3.16. The van der Waals surface area contributed by atoms with Gasteiger partial charge in [-0.3, -0.25) is 4.79 Å². The molecule has 0 heterocycles. The molecule has 110 valence electrons. The van der Waals surface area contributed by atoms with Gasteiger partial charge in [-0.1, -0.05) is 13.8 Å². The van der Waals surface area contributed by atoms with Crippen molar-refractivity contribution in [3.63, 3.8) is 0 Å². The maximum atomic E-state index is 12.1. The molecule has 0 radical (unpaired) electrons. The van der Waals surface area contributed by atoms with Crippen molar-refractivity contribution in [3.8, 4) is 0 Å². The van der Waals surface area contributed by atoms with Gasteiger partial charge >= 0.3 is 11.9 Å². The highest BCUT2D eigenvalue weighted by Gasteiger charge is 2.62. The predicted octanol–water partition coefficient (Wildman–Crippen LogP) is -0.386. The Hall–Kier alpha value is -1.63. The molecule has 2 N–H and O–H groups in total. The van der Waals surface area contributed by atoms with E-state index in [1.807, 2.05) is 0 Å². The first-order valence-corrected chi connectivity index (χ1v) is 5.75. The number of amides is 1. The molecule has 0 aromatic rings. The Morgan fingerprint density at radius 2 is 1.53 bits per heavy atom. The van der Waals surface area contributed by atoms with E-state index in [1.54, 1.807) is 13.8 Å². The lowest BCUT2D eigenvalue weighted by atomic mass is 9.72. The summed E-state index contributed by atoms with van der Waals surface area (Å²) in [4.78, 5) is 35.2. The number of hydrogen-bond donors (Lipinski definition) is 2. The van der Waals surface area contributed by atoms with Gasteiger partial charge in [0.1, 0.15) is 0 Å². The Morgan fingerprint density at radius 1 is 1.11 bits per heavy atom. The maximum absolute atomic E-state index is 12.1. The number of carbonyl (C=O) groups excluding carboxylic acids is 3. The van der Waals surface area contributed by atoms with Crippen LogP contribution in [-0.2, 0) is 23.9 Å². The van der Waals surface area contributed by atoms with Gasteiger partial charge in [0.05, 0.1) is 14.2 Å². The molecule has 0 bridgehead atoms. The molecular formula is C12H21NO6. The van der Waals surface area contributed by atoms with Crippen LogP contribution in [0.2, 0.25) is 0 Å². The Labute approximate surface area is 112 Å². The molecule has 0 aromatic heterocycles. The number of methoxy groups -OCH3 is 2. The molecule has 0 aliphatic carbocycles. The molecule has 0 spiro atoms. The largest absolute Gasteiger partial charge is 0.467 e. The van der Waals surface area contributed by atoms with E-state index in [1.165, 1.54) is 6.92 Å². The van der Waals surface area contributed by atoms with E-state index in [9.17, 15) is 19.5 Å². The summed E-state index contributed by atoms with van der Waals surface area (Å²) in [7, 11) is 2.18. The lowest BCUT2D eigenvalue weighted by Crippen LogP contribution is -2.73. The van der Waals surface area contributed by atoms with Gasteiger partial charge in [0.2, 0.25) is 5.91 Å². The van der Waals surface area contributed by atoms with E-state index < -0.39 is 34.9 Å². The summed E-state index contributed by atoms with van der Waals surface area (Å²) < 4.78 is 9.14. The van der Waals surface area contributed by atoms with Crippen LogP contribution in [0.1, 0.15) is 27.7 Å². The third kappa shape index (κ3) is 2.86. The predicted molar refractivity (Wildman–Crippen MR) is 66.0 cm³/mol. The minimum atomic E-state index is -2.27. The second kappa shape index (κ2) is 6.01. The monoisotopic (exact) mass is 275 g/mol. The van der Waals surface area contributed by atoms with E-state index in [2.05, 4.69) is 14.8 Å². The maximum Gasteiger partial charge on any atom is 0.340 e. The van der Waals surface area contributed by atoms with Crippen molar-refractivity contribution in [1.82, 2.24) is 5.32 Å². The molecular weight excluding hydrogens is 254 g/mol. The van der Waals surface area contributed by atoms with Gasteiger partial charge in [0, 0.05) is 6.92 Å². The SMILES string of the molecule is COC(=O)[C@@](NC(C)=O)(C(C)C)[C@](C)(O)C(=O)OC. The van der Waals surface area contributed by atoms with E-state index in [-0.39, 0.29) is 0 Å². The van der Waals surface area contributed by atoms with Crippen LogP contribution >= 0.6 is 0 Å². The number of ether oxygens (including phenoxy) is 2. The van der Waals surface area contributed by atoms with Gasteiger partial charge in [0.15, 0.2) is 11.1 Å². The van der Waals surface area contributed by atoms with Crippen LogP contribution < -0.4 is 5.32 Å². The van der Waals surface area contributed by atoms with Crippen LogP contribution in [0.3, 0.4) is 0 Å². The lowest BCUT2D eigenvalue weighted by molar-refractivity contribution is -0.187. The molecule has 0 rings (SSSR count). The second-order valence-corrected chi connectivity index (χ2v) is 4.70. The van der Waals surface area contributed by atoms with Crippen molar-refractivity contribution in [3.05, 3.63) is 0 Å². The Bertz CT molecular complexity index is 376. The molecule has 1 amide bonds.